The van der Waals surface area contributed by atoms with Crippen LogP contribution in [0, 0.1) is 11.3 Å². The molecule has 2 saturated heterocycles. The topological polar surface area (TPSA) is 36.5 Å². The van der Waals surface area contributed by atoms with Gasteiger partial charge in [-0.05, 0) is 31.2 Å². The fourth-order valence-corrected chi connectivity index (χ4v) is 3.27. The lowest BCUT2D eigenvalue weighted by Gasteiger charge is -2.38. The monoisotopic (exact) mass is 269 g/mol. The van der Waals surface area contributed by atoms with E-state index in [2.05, 4.69) is 36.4 Å². The second-order valence-electron chi connectivity index (χ2n) is 6.84. The van der Waals surface area contributed by atoms with Crippen molar-refractivity contribution in [3.05, 3.63) is 0 Å². The Morgan fingerprint density at radius 3 is 2.74 bits per heavy atom. The molecule has 0 aromatic heterocycles. The molecule has 2 N–H and O–H groups in total. The van der Waals surface area contributed by atoms with Gasteiger partial charge < -0.3 is 15.4 Å². The van der Waals surface area contributed by atoms with Gasteiger partial charge in [0.2, 0.25) is 0 Å². The van der Waals surface area contributed by atoms with Crippen molar-refractivity contribution in [1.82, 2.24) is 15.5 Å². The molecule has 0 aromatic rings. The van der Waals surface area contributed by atoms with Crippen molar-refractivity contribution >= 4 is 0 Å². The molecule has 2 rings (SSSR count). The maximum atomic E-state index is 5.47. The SMILES string of the molecule is CN1CCNCC1CNCC(C)(C)C1CCOCC1. The van der Waals surface area contributed by atoms with Gasteiger partial charge in [-0.1, -0.05) is 13.8 Å². The highest BCUT2D eigenvalue weighted by atomic mass is 16.5. The Labute approximate surface area is 118 Å². The van der Waals surface area contributed by atoms with Gasteiger partial charge in [0.1, 0.15) is 0 Å². The van der Waals surface area contributed by atoms with Crippen molar-refractivity contribution in [2.45, 2.75) is 32.7 Å². The first-order valence-electron chi connectivity index (χ1n) is 7.79. The van der Waals surface area contributed by atoms with Gasteiger partial charge in [0.05, 0.1) is 0 Å². The Morgan fingerprint density at radius 1 is 1.32 bits per heavy atom. The van der Waals surface area contributed by atoms with Gasteiger partial charge in [-0.15, -0.1) is 0 Å². The molecule has 1 atom stereocenters. The van der Waals surface area contributed by atoms with Crippen LogP contribution in [0.1, 0.15) is 26.7 Å². The fourth-order valence-electron chi connectivity index (χ4n) is 3.27. The molecule has 0 aromatic carbocycles. The van der Waals surface area contributed by atoms with Crippen LogP contribution in [0.25, 0.3) is 0 Å². The van der Waals surface area contributed by atoms with Crippen molar-refractivity contribution in [2.75, 3.05) is 53.0 Å². The summed E-state index contributed by atoms with van der Waals surface area (Å²) in [5.74, 6) is 0.802. The van der Waals surface area contributed by atoms with Gasteiger partial charge in [0.15, 0.2) is 0 Å². The van der Waals surface area contributed by atoms with E-state index >= 15 is 0 Å². The average molecular weight is 269 g/mol. The molecule has 4 nitrogen and oxygen atoms in total. The van der Waals surface area contributed by atoms with Gasteiger partial charge in [-0.2, -0.15) is 0 Å². The van der Waals surface area contributed by atoms with Gasteiger partial charge in [-0.25, -0.2) is 0 Å². The van der Waals surface area contributed by atoms with Gasteiger partial charge in [0, 0.05) is 52.0 Å². The van der Waals surface area contributed by atoms with Gasteiger partial charge >= 0.3 is 0 Å². The molecule has 0 aliphatic carbocycles. The standard InChI is InChI=1S/C15H31N3O/c1-15(2,13-4-8-19-9-5-13)12-17-11-14-10-16-6-7-18(14)3/h13-14,16-17H,4-12H2,1-3H3. The zero-order chi connectivity index (χ0) is 13.7. The minimum Gasteiger partial charge on any atom is -0.381 e. The number of hydrogen-bond acceptors (Lipinski definition) is 4. The third-order valence-corrected chi connectivity index (χ3v) is 4.93. The minimum absolute atomic E-state index is 0.379. The van der Waals surface area contributed by atoms with Crippen molar-refractivity contribution in [2.24, 2.45) is 11.3 Å². The molecule has 19 heavy (non-hydrogen) atoms. The summed E-state index contributed by atoms with van der Waals surface area (Å²) in [5, 5.41) is 7.18. The zero-order valence-corrected chi connectivity index (χ0v) is 12.9. The number of hydrogen-bond donors (Lipinski definition) is 2. The lowest BCUT2D eigenvalue weighted by Crippen LogP contribution is -2.54. The quantitative estimate of drug-likeness (QED) is 0.778. The third kappa shape index (κ3) is 4.42. The predicted molar refractivity (Wildman–Crippen MR) is 79.5 cm³/mol. The van der Waals surface area contributed by atoms with Crippen LogP contribution in [0.2, 0.25) is 0 Å². The molecular formula is C15H31N3O. The molecule has 2 fully saturated rings. The summed E-state index contributed by atoms with van der Waals surface area (Å²) in [6, 6.07) is 0.638. The van der Waals surface area contributed by atoms with E-state index in [4.69, 9.17) is 4.74 Å². The maximum Gasteiger partial charge on any atom is 0.0468 e. The maximum absolute atomic E-state index is 5.47. The number of nitrogens with one attached hydrogen (secondary N) is 2. The summed E-state index contributed by atoms with van der Waals surface area (Å²) in [5.41, 5.74) is 0.379. The highest BCUT2D eigenvalue weighted by molar-refractivity contribution is 4.84. The van der Waals surface area contributed by atoms with E-state index in [1.54, 1.807) is 0 Å². The van der Waals surface area contributed by atoms with Crippen LogP contribution in [-0.4, -0.2) is 63.9 Å². The molecule has 2 aliphatic heterocycles. The van der Waals surface area contributed by atoms with E-state index in [1.807, 2.05) is 0 Å². The van der Waals surface area contributed by atoms with Crippen LogP contribution < -0.4 is 10.6 Å². The van der Waals surface area contributed by atoms with Crippen LogP contribution in [0.15, 0.2) is 0 Å². The summed E-state index contributed by atoms with van der Waals surface area (Å²) in [7, 11) is 2.23. The molecule has 0 amide bonds. The molecule has 4 heteroatoms. The summed E-state index contributed by atoms with van der Waals surface area (Å²) < 4.78 is 5.47. The second-order valence-corrected chi connectivity index (χ2v) is 6.84. The number of likely N-dealkylation sites (N-methyl/N-ethyl adjacent to an activating group) is 1. The first-order valence-corrected chi connectivity index (χ1v) is 7.79. The molecule has 0 radical (unpaired) electrons. The van der Waals surface area contributed by atoms with Gasteiger partial charge in [-0.3, -0.25) is 4.90 Å². The highest BCUT2D eigenvalue weighted by Crippen LogP contribution is 2.33. The first-order chi connectivity index (χ1) is 9.09. The van der Waals surface area contributed by atoms with Crippen LogP contribution >= 0.6 is 0 Å². The fraction of sp³-hybridized carbons (Fsp3) is 1.00. The molecule has 0 saturated carbocycles. The van der Waals surface area contributed by atoms with Crippen molar-refractivity contribution < 1.29 is 4.74 Å². The molecule has 2 aliphatic rings. The van der Waals surface area contributed by atoms with E-state index in [0.29, 0.717) is 11.5 Å². The summed E-state index contributed by atoms with van der Waals surface area (Å²) in [6.07, 6.45) is 2.44. The van der Waals surface area contributed by atoms with E-state index in [-0.39, 0.29) is 0 Å². The van der Waals surface area contributed by atoms with Crippen molar-refractivity contribution in [3.8, 4) is 0 Å². The molecule has 1 unspecified atom stereocenters. The number of rotatable bonds is 5. The Kier molecular flexibility index (Phi) is 5.63. The second kappa shape index (κ2) is 7.02. The Hall–Kier alpha value is -0.160. The lowest BCUT2D eigenvalue weighted by molar-refractivity contribution is 0.0222. The molecule has 112 valence electrons. The minimum atomic E-state index is 0.379. The molecule has 2 heterocycles. The lowest BCUT2D eigenvalue weighted by atomic mass is 9.74. The summed E-state index contributed by atoms with van der Waals surface area (Å²) in [6.45, 7) is 12.3. The van der Waals surface area contributed by atoms with Crippen molar-refractivity contribution in [3.63, 3.8) is 0 Å². The first kappa shape index (κ1) is 15.2. The summed E-state index contributed by atoms with van der Waals surface area (Å²) >= 11 is 0. The molecule has 0 spiro atoms. The largest absolute Gasteiger partial charge is 0.381 e. The average Bonchev–Trinajstić information content (AvgIpc) is 2.42. The normalized spacial score (nSPS) is 27.6. The van der Waals surface area contributed by atoms with E-state index in [0.717, 1.165) is 51.9 Å². The smallest absolute Gasteiger partial charge is 0.0468 e. The Balaban J connectivity index is 1.71. The summed E-state index contributed by atoms with van der Waals surface area (Å²) in [4.78, 5) is 2.46. The van der Waals surface area contributed by atoms with E-state index < -0.39 is 0 Å². The molecular weight excluding hydrogens is 238 g/mol. The number of ether oxygens (including phenoxy) is 1. The van der Waals surface area contributed by atoms with Crippen LogP contribution in [-0.2, 0) is 4.74 Å². The highest BCUT2D eigenvalue weighted by Gasteiger charge is 2.31. The number of piperazine rings is 1. The van der Waals surface area contributed by atoms with Crippen LogP contribution in [0.5, 0.6) is 0 Å². The Bertz CT molecular complexity index is 264. The van der Waals surface area contributed by atoms with Crippen LogP contribution in [0.3, 0.4) is 0 Å². The van der Waals surface area contributed by atoms with E-state index in [1.165, 1.54) is 12.8 Å². The molecule has 0 bridgehead atoms. The predicted octanol–water partition coefficient (Wildman–Crippen LogP) is 0.932. The van der Waals surface area contributed by atoms with Crippen LogP contribution in [0.4, 0.5) is 0 Å². The van der Waals surface area contributed by atoms with Gasteiger partial charge in [0.25, 0.3) is 0 Å². The zero-order valence-electron chi connectivity index (χ0n) is 12.9. The van der Waals surface area contributed by atoms with Crippen molar-refractivity contribution in [1.29, 1.82) is 0 Å². The third-order valence-electron chi connectivity index (χ3n) is 4.93. The Morgan fingerprint density at radius 2 is 2.05 bits per heavy atom. The number of nitrogens with zero attached hydrogens (tertiary/aromatic N) is 1. The van der Waals surface area contributed by atoms with E-state index in [9.17, 15) is 0 Å².